The fourth-order valence-corrected chi connectivity index (χ4v) is 1.44. The number of aliphatic hydroxyl groups is 1. The summed E-state index contributed by atoms with van der Waals surface area (Å²) in [6, 6.07) is 9.55. The summed E-state index contributed by atoms with van der Waals surface area (Å²) in [7, 11) is 1.87. The first kappa shape index (κ1) is 8.97. The van der Waals surface area contributed by atoms with Crippen LogP contribution in [0.2, 0.25) is 0 Å². The Labute approximate surface area is 82.7 Å². The molecule has 1 heterocycles. The lowest BCUT2D eigenvalue weighted by atomic mass is 10.1. The lowest BCUT2D eigenvalue weighted by Crippen LogP contribution is -2.04. The van der Waals surface area contributed by atoms with Crippen molar-refractivity contribution in [3.63, 3.8) is 0 Å². The zero-order valence-corrected chi connectivity index (χ0v) is 7.96. The van der Waals surface area contributed by atoms with Gasteiger partial charge >= 0.3 is 0 Å². The van der Waals surface area contributed by atoms with Crippen LogP contribution < -0.4 is 0 Å². The van der Waals surface area contributed by atoms with Crippen LogP contribution in [0.1, 0.15) is 17.4 Å². The van der Waals surface area contributed by atoms with Gasteiger partial charge in [-0.25, -0.2) is 4.98 Å². The Hall–Kier alpha value is -1.61. The minimum absolute atomic E-state index is 0.594. The van der Waals surface area contributed by atoms with E-state index in [1.807, 2.05) is 41.9 Å². The number of aliphatic hydroxyl groups excluding tert-OH is 1. The molecule has 0 unspecified atom stereocenters. The van der Waals surface area contributed by atoms with Crippen LogP contribution in [0.3, 0.4) is 0 Å². The number of hydrogen-bond acceptors (Lipinski definition) is 2. The van der Waals surface area contributed by atoms with E-state index in [1.54, 1.807) is 12.5 Å². The van der Waals surface area contributed by atoms with Gasteiger partial charge in [-0.05, 0) is 5.56 Å². The third-order valence-electron chi connectivity index (χ3n) is 2.25. The molecule has 0 spiro atoms. The van der Waals surface area contributed by atoms with Gasteiger partial charge in [0.25, 0.3) is 0 Å². The Bertz CT molecular complexity index is 408. The molecule has 14 heavy (non-hydrogen) atoms. The van der Waals surface area contributed by atoms with Crippen LogP contribution in [0.15, 0.2) is 42.9 Å². The molecule has 72 valence electrons. The van der Waals surface area contributed by atoms with Gasteiger partial charge in [0, 0.05) is 7.05 Å². The predicted molar refractivity (Wildman–Crippen MR) is 53.7 cm³/mol. The standard InChI is InChI=1S/C11H12N2O/c1-13-8-12-7-10(13)11(14)9-5-3-2-4-6-9/h2-8,11,14H,1H3/t11-/m1/s1. The molecule has 0 fully saturated rings. The molecule has 1 atom stereocenters. The summed E-state index contributed by atoms with van der Waals surface area (Å²) in [6.45, 7) is 0. The number of aromatic nitrogens is 2. The summed E-state index contributed by atoms with van der Waals surface area (Å²) < 4.78 is 1.82. The molecule has 0 amide bonds. The highest BCUT2D eigenvalue weighted by Gasteiger charge is 2.12. The maximum atomic E-state index is 10.0. The monoisotopic (exact) mass is 188 g/mol. The van der Waals surface area contributed by atoms with E-state index in [4.69, 9.17) is 0 Å². The van der Waals surface area contributed by atoms with Crippen LogP contribution in [0, 0.1) is 0 Å². The topological polar surface area (TPSA) is 38.0 Å². The molecular weight excluding hydrogens is 176 g/mol. The summed E-state index contributed by atoms with van der Waals surface area (Å²) >= 11 is 0. The third kappa shape index (κ3) is 1.54. The average Bonchev–Trinajstić information content (AvgIpc) is 2.65. The largest absolute Gasteiger partial charge is 0.382 e. The molecule has 0 aliphatic rings. The fraction of sp³-hybridized carbons (Fsp3) is 0.182. The second kappa shape index (κ2) is 3.64. The predicted octanol–water partition coefficient (Wildman–Crippen LogP) is 1.50. The molecule has 3 nitrogen and oxygen atoms in total. The van der Waals surface area contributed by atoms with Crippen molar-refractivity contribution < 1.29 is 5.11 Å². The van der Waals surface area contributed by atoms with Crippen LogP contribution in [0.25, 0.3) is 0 Å². The quantitative estimate of drug-likeness (QED) is 0.775. The maximum absolute atomic E-state index is 10.0. The van der Waals surface area contributed by atoms with E-state index in [-0.39, 0.29) is 0 Å². The lowest BCUT2D eigenvalue weighted by molar-refractivity contribution is 0.211. The zero-order valence-electron chi connectivity index (χ0n) is 7.96. The first-order chi connectivity index (χ1) is 6.79. The lowest BCUT2D eigenvalue weighted by Gasteiger charge is -2.10. The molecular formula is C11H12N2O. The number of imidazole rings is 1. The van der Waals surface area contributed by atoms with Crippen LogP contribution in [0.4, 0.5) is 0 Å². The molecule has 0 aliphatic heterocycles. The van der Waals surface area contributed by atoms with Crippen LogP contribution in [-0.4, -0.2) is 14.7 Å². The Kier molecular flexibility index (Phi) is 2.33. The Morgan fingerprint density at radius 3 is 2.57 bits per heavy atom. The Morgan fingerprint density at radius 1 is 1.29 bits per heavy atom. The van der Waals surface area contributed by atoms with Gasteiger partial charge in [0.2, 0.25) is 0 Å². The first-order valence-corrected chi connectivity index (χ1v) is 4.48. The summed E-state index contributed by atoms with van der Waals surface area (Å²) in [5.74, 6) is 0. The second-order valence-electron chi connectivity index (χ2n) is 3.24. The highest BCUT2D eigenvalue weighted by molar-refractivity contribution is 5.24. The van der Waals surface area contributed by atoms with Crippen LogP contribution in [-0.2, 0) is 7.05 Å². The average molecular weight is 188 g/mol. The second-order valence-corrected chi connectivity index (χ2v) is 3.24. The molecule has 1 aromatic heterocycles. The molecule has 0 radical (unpaired) electrons. The number of benzene rings is 1. The highest BCUT2D eigenvalue weighted by Crippen LogP contribution is 2.20. The van der Waals surface area contributed by atoms with Crippen molar-refractivity contribution in [1.82, 2.24) is 9.55 Å². The number of aryl methyl sites for hydroxylation is 1. The van der Waals surface area contributed by atoms with Crippen molar-refractivity contribution in [1.29, 1.82) is 0 Å². The van der Waals surface area contributed by atoms with E-state index >= 15 is 0 Å². The Morgan fingerprint density at radius 2 is 2.00 bits per heavy atom. The Balaban J connectivity index is 2.34. The molecule has 2 rings (SSSR count). The molecule has 0 aliphatic carbocycles. The van der Waals surface area contributed by atoms with E-state index in [0.29, 0.717) is 0 Å². The summed E-state index contributed by atoms with van der Waals surface area (Å²) in [6.07, 6.45) is 2.77. The van der Waals surface area contributed by atoms with Gasteiger partial charge < -0.3 is 9.67 Å². The molecule has 3 heteroatoms. The van der Waals surface area contributed by atoms with Gasteiger partial charge in [-0.3, -0.25) is 0 Å². The highest BCUT2D eigenvalue weighted by atomic mass is 16.3. The fourth-order valence-electron chi connectivity index (χ4n) is 1.44. The number of hydrogen-bond donors (Lipinski definition) is 1. The summed E-state index contributed by atoms with van der Waals surface area (Å²) in [5.41, 5.74) is 1.69. The van der Waals surface area contributed by atoms with Crippen molar-refractivity contribution in [3.05, 3.63) is 54.1 Å². The van der Waals surface area contributed by atoms with E-state index in [1.165, 1.54) is 0 Å². The number of rotatable bonds is 2. The van der Waals surface area contributed by atoms with Crippen molar-refractivity contribution in [2.45, 2.75) is 6.10 Å². The van der Waals surface area contributed by atoms with Gasteiger partial charge in [0.05, 0.1) is 18.2 Å². The number of nitrogens with zero attached hydrogens (tertiary/aromatic N) is 2. The van der Waals surface area contributed by atoms with Gasteiger partial charge in [-0.15, -0.1) is 0 Å². The summed E-state index contributed by atoms with van der Waals surface area (Å²) in [4.78, 5) is 3.97. The van der Waals surface area contributed by atoms with Crippen LogP contribution >= 0.6 is 0 Å². The van der Waals surface area contributed by atoms with Crippen molar-refractivity contribution in [2.24, 2.45) is 7.05 Å². The van der Waals surface area contributed by atoms with Crippen LogP contribution in [0.5, 0.6) is 0 Å². The zero-order chi connectivity index (χ0) is 9.97. The molecule has 1 N–H and O–H groups in total. The maximum Gasteiger partial charge on any atom is 0.121 e. The van der Waals surface area contributed by atoms with E-state index in [0.717, 1.165) is 11.3 Å². The van der Waals surface area contributed by atoms with Crippen molar-refractivity contribution >= 4 is 0 Å². The molecule has 0 saturated heterocycles. The van der Waals surface area contributed by atoms with Gasteiger partial charge in [0.15, 0.2) is 0 Å². The van der Waals surface area contributed by atoms with E-state index in [9.17, 15) is 5.11 Å². The minimum Gasteiger partial charge on any atom is -0.382 e. The molecule has 2 aromatic rings. The van der Waals surface area contributed by atoms with Crippen molar-refractivity contribution in [2.75, 3.05) is 0 Å². The van der Waals surface area contributed by atoms with Gasteiger partial charge in [-0.1, -0.05) is 30.3 Å². The minimum atomic E-state index is -0.594. The smallest absolute Gasteiger partial charge is 0.121 e. The normalized spacial score (nSPS) is 12.7. The molecule has 0 bridgehead atoms. The summed E-state index contributed by atoms with van der Waals surface area (Å²) in [5, 5.41) is 10.0. The SMILES string of the molecule is Cn1cncc1[C@H](O)c1ccccc1. The van der Waals surface area contributed by atoms with Gasteiger partial charge in [-0.2, -0.15) is 0 Å². The van der Waals surface area contributed by atoms with Crippen molar-refractivity contribution in [3.8, 4) is 0 Å². The van der Waals surface area contributed by atoms with E-state index in [2.05, 4.69) is 4.98 Å². The van der Waals surface area contributed by atoms with E-state index < -0.39 is 6.10 Å². The first-order valence-electron chi connectivity index (χ1n) is 4.48. The molecule has 0 saturated carbocycles. The molecule has 1 aromatic carbocycles. The third-order valence-corrected chi connectivity index (χ3v) is 2.25. The van der Waals surface area contributed by atoms with Gasteiger partial charge in [0.1, 0.15) is 6.10 Å².